The molecule has 1 aromatic heterocycles. The summed E-state index contributed by atoms with van der Waals surface area (Å²) >= 11 is 0. The molecule has 1 atom stereocenters. The molecule has 0 spiro atoms. The third-order valence-corrected chi connectivity index (χ3v) is 4.54. The van der Waals surface area contributed by atoms with Crippen LogP contribution in [0.3, 0.4) is 0 Å². The first kappa shape index (κ1) is 13.3. The molecule has 0 radical (unpaired) electrons. The topological polar surface area (TPSA) is 42.1 Å². The average molecular weight is 247 g/mol. The first-order valence-electron chi connectivity index (χ1n) is 7.07. The molecule has 0 amide bonds. The first-order chi connectivity index (χ1) is 8.60. The molecule has 0 saturated carbocycles. The van der Waals surface area contributed by atoms with Gasteiger partial charge in [0.1, 0.15) is 0 Å². The van der Waals surface area contributed by atoms with Gasteiger partial charge >= 0.3 is 0 Å². The third kappa shape index (κ3) is 2.51. The van der Waals surface area contributed by atoms with Crippen molar-refractivity contribution in [2.75, 3.05) is 18.0 Å². The Morgan fingerprint density at radius 1 is 1.39 bits per heavy atom. The van der Waals surface area contributed by atoms with Gasteiger partial charge in [-0.15, -0.1) is 0 Å². The standard InChI is InChI=1S/C15H25N3/c1-4-15(5-2)8-9-18(11-15)13-6-7-14(12(3)16)17-10-13/h6-7,10,12H,4-5,8-9,11,16H2,1-3H3/t12-/m0/s1. The Morgan fingerprint density at radius 3 is 2.56 bits per heavy atom. The van der Waals surface area contributed by atoms with Crippen LogP contribution in [-0.4, -0.2) is 18.1 Å². The van der Waals surface area contributed by atoms with E-state index >= 15 is 0 Å². The lowest BCUT2D eigenvalue weighted by molar-refractivity contribution is 0.301. The van der Waals surface area contributed by atoms with Crippen molar-refractivity contribution in [3.8, 4) is 0 Å². The van der Waals surface area contributed by atoms with Crippen molar-refractivity contribution in [1.29, 1.82) is 0 Å². The molecule has 1 saturated heterocycles. The zero-order chi connectivity index (χ0) is 13.2. The van der Waals surface area contributed by atoms with Gasteiger partial charge in [0.05, 0.1) is 17.6 Å². The Hall–Kier alpha value is -1.09. The minimum Gasteiger partial charge on any atom is -0.370 e. The summed E-state index contributed by atoms with van der Waals surface area (Å²) in [6.45, 7) is 8.91. The van der Waals surface area contributed by atoms with Gasteiger partial charge in [-0.1, -0.05) is 13.8 Å². The predicted octanol–water partition coefficient (Wildman–Crippen LogP) is 3.12. The van der Waals surface area contributed by atoms with Crippen molar-refractivity contribution in [3.05, 3.63) is 24.0 Å². The number of aromatic nitrogens is 1. The fourth-order valence-corrected chi connectivity index (χ4v) is 2.84. The van der Waals surface area contributed by atoms with Gasteiger partial charge in [-0.05, 0) is 43.7 Å². The largest absolute Gasteiger partial charge is 0.370 e. The van der Waals surface area contributed by atoms with Crippen LogP contribution in [-0.2, 0) is 0 Å². The van der Waals surface area contributed by atoms with Gasteiger partial charge in [-0.25, -0.2) is 0 Å². The van der Waals surface area contributed by atoms with Gasteiger partial charge in [-0.2, -0.15) is 0 Å². The van der Waals surface area contributed by atoms with Crippen LogP contribution in [0.25, 0.3) is 0 Å². The summed E-state index contributed by atoms with van der Waals surface area (Å²) in [4.78, 5) is 6.92. The molecule has 18 heavy (non-hydrogen) atoms. The molecule has 2 rings (SSSR count). The van der Waals surface area contributed by atoms with Gasteiger partial charge in [0.2, 0.25) is 0 Å². The molecule has 0 aromatic carbocycles. The van der Waals surface area contributed by atoms with E-state index in [0.29, 0.717) is 5.41 Å². The normalized spacial score (nSPS) is 20.1. The fraction of sp³-hybridized carbons (Fsp3) is 0.667. The van der Waals surface area contributed by atoms with Crippen molar-refractivity contribution in [3.63, 3.8) is 0 Å². The van der Waals surface area contributed by atoms with Crippen LogP contribution in [0.1, 0.15) is 51.8 Å². The van der Waals surface area contributed by atoms with Crippen LogP contribution in [0, 0.1) is 5.41 Å². The molecule has 0 unspecified atom stereocenters. The Bertz CT molecular complexity index is 379. The smallest absolute Gasteiger partial charge is 0.0569 e. The maximum atomic E-state index is 5.83. The Morgan fingerprint density at radius 2 is 2.11 bits per heavy atom. The number of nitrogens with zero attached hydrogens (tertiary/aromatic N) is 2. The molecule has 0 aliphatic carbocycles. The van der Waals surface area contributed by atoms with Gasteiger partial charge in [0, 0.05) is 19.1 Å². The number of anilines is 1. The number of nitrogens with two attached hydrogens (primary N) is 1. The third-order valence-electron chi connectivity index (χ3n) is 4.54. The van der Waals surface area contributed by atoms with Crippen molar-refractivity contribution in [1.82, 2.24) is 4.98 Å². The van der Waals surface area contributed by atoms with E-state index in [2.05, 4.69) is 35.9 Å². The van der Waals surface area contributed by atoms with E-state index in [9.17, 15) is 0 Å². The highest BCUT2D eigenvalue weighted by molar-refractivity contribution is 5.46. The number of hydrogen-bond donors (Lipinski definition) is 1. The summed E-state index contributed by atoms with van der Waals surface area (Å²) in [5.41, 5.74) is 8.55. The zero-order valence-electron chi connectivity index (χ0n) is 11.8. The second-order valence-corrected chi connectivity index (χ2v) is 5.61. The summed E-state index contributed by atoms with van der Waals surface area (Å²) in [6, 6.07) is 4.23. The van der Waals surface area contributed by atoms with Crippen LogP contribution in [0.15, 0.2) is 18.3 Å². The molecule has 1 fully saturated rings. The fourth-order valence-electron chi connectivity index (χ4n) is 2.84. The monoisotopic (exact) mass is 247 g/mol. The molecule has 0 bridgehead atoms. The highest BCUT2D eigenvalue weighted by Gasteiger charge is 2.34. The Kier molecular flexibility index (Phi) is 3.91. The molecule has 3 nitrogen and oxygen atoms in total. The first-order valence-corrected chi connectivity index (χ1v) is 7.07. The molecular weight excluding hydrogens is 222 g/mol. The van der Waals surface area contributed by atoms with Crippen LogP contribution in [0.2, 0.25) is 0 Å². The van der Waals surface area contributed by atoms with Crippen molar-refractivity contribution in [2.24, 2.45) is 11.1 Å². The quantitative estimate of drug-likeness (QED) is 0.889. The van der Waals surface area contributed by atoms with Gasteiger partial charge in [0.15, 0.2) is 0 Å². The average Bonchev–Trinajstić information content (AvgIpc) is 2.84. The van der Waals surface area contributed by atoms with Gasteiger partial charge in [-0.3, -0.25) is 4.98 Å². The molecule has 1 aromatic rings. The second kappa shape index (κ2) is 5.27. The van der Waals surface area contributed by atoms with E-state index in [1.807, 2.05) is 13.1 Å². The van der Waals surface area contributed by atoms with E-state index in [4.69, 9.17) is 5.73 Å². The predicted molar refractivity (Wildman–Crippen MR) is 76.7 cm³/mol. The lowest BCUT2D eigenvalue weighted by Crippen LogP contribution is -2.26. The Labute approximate surface area is 110 Å². The highest BCUT2D eigenvalue weighted by Crippen LogP contribution is 2.38. The number of rotatable bonds is 4. The molecule has 1 aliphatic heterocycles. The van der Waals surface area contributed by atoms with E-state index in [1.54, 1.807) is 0 Å². The zero-order valence-corrected chi connectivity index (χ0v) is 11.8. The summed E-state index contributed by atoms with van der Waals surface area (Å²) in [7, 11) is 0. The summed E-state index contributed by atoms with van der Waals surface area (Å²) < 4.78 is 0. The molecular formula is C15H25N3. The van der Waals surface area contributed by atoms with Crippen molar-refractivity contribution in [2.45, 2.75) is 46.1 Å². The summed E-state index contributed by atoms with van der Waals surface area (Å²) in [6.07, 6.45) is 5.81. The van der Waals surface area contributed by atoms with Crippen LogP contribution < -0.4 is 10.6 Å². The van der Waals surface area contributed by atoms with E-state index in [-0.39, 0.29) is 6.04 Å². The Balaban J connectivity index is 2.09. The van der Waals surface area contributed by atoms with E-state index in [1.165, 1.54) is 31.5 Å². The molecule has 2 N–H and O–H groups in total. The van der Waals surface area contributed by atoms with E-state index in [0.717, 1.165) is 12.2 Å². The minimum absolute atomic E-state index is 0.0167. The summed E-state index contributed by atoms with van der Waals surface area (Å²) in [5, 5.41) is 0. The molecule has 3 heteroatoms. The highest BCUT2D eigenvalue weighted by atomic mass is 15.2. The van der Waals surface area contributed by atoms with Crippen LogP contribution in [0.5, 0.6) is 0 Å². The van der Waals surface area contributed by atoms with Crippen LogP contribution in [0.4, 0.5) is 5.69 Å². The van der Waals surface area contributed by atoms with Crippen molar-refractivity contribution < 1.29 is 0 Å². The van der Waals surface area contributed by atoms with Gasteiger partial charge < -0.3 is 10.6 Å². The number of hydrogen-bond acceptors (Lipinski definition) is 3. The van der Waals surface area contributed by atoms with Crippen LogP contribution >= 0.6 is 0 Å². The van der Waals surface area contributed by atoms with Crippen molar-refractivity contribution >= 4 is 5.69 Å². The van der Waals surface area contributed by atoms with Gasteiger partial charge in [0.25, 0.3) is 0 Å². The SMILES string of the molecule is CCC1(CC)CCN(c2ccc([C@H](C)N)nc2)C1. The minimum atomic E-state index is 0.0167. The maximum absolute atomic E-state index is 5.83. The molecule has 1 aliphatic rings. The van der Waals surface area contributed by atoms with E-state index < -0.39 is 0 Å². The maximum Gasteiger partial charge on any atom is 0.0569 e. The second-order valence-electron chi connectivity index (χ2n) is 5.61. The number of pyridine rings is 1. The lowest BCUT2D eigenvalue weighted by Gasteiger charge is -2.27. The lowest BCUT2D eigenvalue weighted by atomic mass is 9.82. The molecule has 100 valence electrons. The summed E-state index contributed by atoms with van der Waals surface area (Å²) in [5.74, 6) is 0. The molecule has 2 heterocycles.